The lowest BCUT2D eigenvalue weighted by Crippen LogP contribution is -2.57. The number of amides is 2. The number of hydrogen-bond donors (Lipinski definition) is 1. The van der Waals surface area contributed by atoms with Gasteiger partial charge in [0.2, 0.25) is 0 Å². The fraction of sp³-hybridized carbons (Fsp3) is 0.615. The first-order valence-electron chi connectivity index (χ1n) is 11.9. The summed E-state index contributed by atoms with van der Waals surface area (Å²) in [6.45, 7) is 9.06. The number of halogens is 1. The standard InChI is InChI=1S/C26H37ClN2O4/c1-6-33-23(30)11-14-29-17-20-15-21(32-5)10-13-26(20,28-24(29)31)19-8-7-18(22(27)16-19)9-12-25(2,3)4/h7-8,16-17,21H,6,9-15H2,1-5H3,(H,28,31). The van der Waals surface area contributed by atoms with Crippen LogP contribution in [0.4, 0.5) is 4.79 Å². The van der Waals surface area contributed by atoms with Crippen molar-refractivity contribution in [2.24, 2.45) is 5.41 Å². The Labute approximate surface area is 202 Å². The van der Waals surface area contributed by atoms with Crippen molar-refractivity contribution in [2.45, 2.75) is 77.9 Å². The number of carbonyl (C=O) groups excluding carboxylic acids is 2. The number of benzene rings is 1. The molecular formula is C26H37ClN2O4. The summed E-state index contributed by atoms with van der Waals surface area (Å²) in [5.74, 6) is -0.309. The summed E-state index contributed by atoms with van der Waals surface area (Å²) >= 11 is 6.72. The number of aryl methyl sites for hydroxylation is 1. The average Bonchev–Trinajstić information content (AvgIpc) is 2.76. The molecule has 2 atom stereocenters. The lowest BCUT2D eigenvalue weighted by molar-refractivity contribution is -0.143. The highest BCUT2D eigenvalue weighted by molar-refractivity contribution is 6.31. The molecule has 1 N–H and O–H groups in total. The number of nitrogens with one attached hydrogen (secondary N) is 1. The summed E-state index contributed by atoms with van der Waals surface area (Å²) in [5, 5.41) is 3.99. The highest BCUT2D eigenvalue weighted by Gasteiger charge is 2.46. The zero-order valence-corrected chi connectivity index (χ0v) is 21.3. The highest BCUT2D eigenvalue weighted by atomic mass is 35.5. The summed E-state index contributed by atoms with van der Waals surface area (Å²) < 4.78 is 10.7. The van der Waals surface area contributed by atoms with Gasteiger partial charge in [0.15, 0.2) is 0 Å². The molecule has 1 saturated carbocycles. The molecule has 0 spiro atoms. The molecule has 2 unspecified atom stereocenters. The maximum Gasteiger partial charge on any atom is 0.322 e. The molecular weight excluding hydrogens is 440 g/mol. The van der Waals surface area contributed by atoms with Crippen LogP contribution in [0, 0.1) is 5.41 Å². The molecule has 0 bridgehead atoms. The van der Waals surface area contributed by atoms with E-state index in [1.54, 1.807) is 18.9 Å². The summed E-state index contributed by atoms with van der Waals surface area (Å²) in [5.41, 5.74) is 2.81. The molecule has 0 saturated heterocycles. The quantitative estimate of drug-likeness (QED) is 0.497. The number of fused-ring (bicyclic) bond motifs is 1. The van der Waals surface area contributed by atoms with Crippen molar-refractivity contribution in [3.8, 4) is 0 Å². The van der Waals surface area contributed by atoms with E-state index in [0.717, 1.165) is 47.4 Å². The molecule has 33 heavy (non-hydrogen) atoms. The van der Waals surface area contributed by atoms with Crippen LogP contribution in [0.5, 0.6) is 0 Å². The number of rotatable bonds is 8. The van der Waals surface area contributed by atoms with E-state index >= 15 is 0 Å². The van der Waals surface area contributed by atoms with Gasteiger partial charge in [-0.1, -0.05) is 44.5 Å². The molecule has 0 aromatic heterocycles. The number of carbonyl (C=O) groups is 2. The van der Waals surface area contributed by atoms with E-state index < -0.39 is 5.54 Å². The first-order valence-corrected chi connectivity index (χ1v) is 12.2. The molecule has 1 aliphatic carbocycles. The van der Waals surface area contributed by atoms with Gasteiger partial charge in [-0.2, -0.15) is 0 Å². The second-order valence-corrected chi connectivity index (χ2v) is 10.6. The van der Waals surface area contributed by atoms with E-state index in [2.05, 4.69) is 38.2 Å². The predicted octanol–water partition coefficient (Wildman–Crippen LogP) is 5.58. The SMILES string of the molecule is CCOC(=O)CCN1C=C2CC(OC)CCC2(c2ccc(CCC(C)(C)C)c(Cl)c2)NC1=O. The van der Waals surface area contributed by atoms with Gasteiger partial charge in [0.1, 0.15) is 0 Å². The van der Waals surface area contributed by atoms with Crippen molar-refractivity contribution < 1.29 is 19.1 Å². The normalized spacial score (nSPS) is 23.0. The Hall–Kier alpha value is -2.05. The number of esters is 1. The minimum atomic E-state index is -0.612. The van der Waals surface area contributed by atoms with E-state index in [9.17, 15) is 9.59 Å². The van der Waals surface area contributed by atoms with Crippen molar-refractivity contribution >= 4 is 23.6 Å². The topological polar surface area (TPSA) is 67.9 Å². The molecule has 1 aromatic rings. The zero-order valence-electron chi connectivity index (χ0n) is 20.5. The second-order valence-electron chi connectivity index (χ2n) is 10.2. The molecule has 2 amide bonds. The van der Waals surface area contributed by atoms with Crippen molar-refractivity contribution in [2.75, 3.05) is 20.3 Å². The molecule has 1 heterocycles. The van der Waals surface area contributed by atoms with Crippen LogP contribution in [-0.2, 0) is 26.2 Å². The van der Waals surface area contributed by atoms with Gasteiger partial charge >= 0.3 is 12.0 Å². The molecule has 1 fully saturated rings. The van der Waals surface area contributed by atoms with Gasteiger partial charge in [-0.05, 0) is 67.2 Å². The minimum absolute atomic E-state index is 0.0906. The fourth-order valence-electron chi connectivity index (χ4n) is 4.61. The maximum atomic E-state index is 13.1. The van der Waals surface area contributed by atoms with Gasteiger partial charge in [0.25, 0.3) is 0 Å². The molecule has 1 aromatic carbocycles. The zero-order chi connectivity index (χ0) is 24.2. The fourth-order valence-corrected chi connectivity index (χ4v) is 4.88. The third kappa shape index (κ3) is 6.10. The smallest absolute Gasteiger partial charge is 0.322 e. The van der Waals surface area contributed by atoms with E-state index in [1.165, 1.54) is 0 Å². The number of hydrogen-bond acceptors (Lipinski definition) is 4. The molecule has 182 valence electrons. The largest absolute Gasteiger partial charge is 0.466 e. The molecule has 2 aliphatic rings. The van der Waals surface area contributed by atoms with Crippen LogP contribution < -0.4 is 5.32 Å². The van der Waals surface area contributed by atoms with Crippen LogP contribution in [0.1, 0.15) is 70.9 Å². The van der Waals surface area contributed by atoms with Crippen molar-refractivity contribution in [1.29, 1.82) is 0 Å². The lowest BCUT2D eigenvalue weighted by Gasteiger charge is -2.47. The Morgan fingerprint density at radius 3 is 2.73 bits per heavy atom. The van der Waals surface area contributed by atoms with Gasteiger partial charge in [-0.3, -0.25) is 4.79 Å². The van der Waals surface area contributed by atoms with Gasteiger partial charge in [0, 0.05) is 24.9 Å². The third-order valence-corrected chi connectivity index (χ3v) is 6.97. The number of ether oxygens (including phenoxy) is 2. The van der Waals surface area contributed by atoms with Crippen LogP contribution in [0.15, 0.2) is 30.0 Å². The summed E-state index contributed by atoms with van der Waals surface area (Å²) in [6.07, 6.45) is 6.36. The summed E-state index contributed by atoms with van der Waals surface area (Å²) in [4.78, 5) is 26.4. The molecule has 0 radical (unpaired) electrons. The van der Waals surface area contributed by atoms with E-state index in [4.69, 9.17) is 21.1 Å². The average molecular weight is 477 g/mol. The summed E-state index contributed by atoms with van der Waals surface area (Å²) in [7, 11) is 1.72. The van der Waals surface area contributed by atoms with Gasteiger partial charge in [-0.15, -0.1) is 0 Å². The summed E-state index contributed by atoms with van der Waals surface area (Å²) in [6, 6.07) is 5.98. The van der Waals surface area contributed by atoms with Crippen LogP contribution in [0.25, 0.3) is 0 Å². The van der Waals surface area contributed by atoms with Gasteiger partial charge < -0.3 is 19.7 Å². The van der Waals surface area contributed by atoms with Crippen molar-refractivity contribution in [1.82, 2.24) is 10.2 Å². The molecule has 3 rings (SSSR count). The van der Waals surface area contributed by atoms with Gasteiger partial charge in [0.05, 0.1) is 24.7 Å². The van der Waals surface area contributed by atoms with E-state index in [-0.39, 0.29) is 36.5 Å². The van der Waals surface area contributed by atoms with E-state index in [1.807, 2.05) is 12.3 Å². The first kappa shape index (κ1) is 25.6. The Kier molecular flexibility index (Phi) is 8.12. The van der Waals surface area contributed by atoms with Gasteiger partial charge in [-0.25, -0.2) is 4.79 Å². The Balaban J connectivity index is 1.89. The Morgan fingerprint density at radius 1 is 1.33 bits per heavy atom. The predicted molar refractivity (Wildman–Crippen MR) is 130 cm³/mol. The van der Waals surface area contributed by atoms with Crippen LogP contribution in [0.2, 0.25) is 5.02 Å². The highest BCUT2D eigenvalue weighted by Crippen LogP contribution is 2.45. The monoisotopic (exact) mass is 476 g/mol. The Bertz CT molecular complexity index is 908. The Morgan fingerprint density at radius 2 is 2.09 bits per heavy atom. The van der Waals surface area contributed by atoms with Crippen LogP contribution in [-0.4, -0.2) is 43.3 Å². The van der Waals surface area contributed by atoms with Crippen LogP contribution in [0.3, 0.4) is 0 Å². The van der Waals surface area contributed by atoms with Crippen molar-refractivity contribution in [3.05, 3.63) is 46.1 Å². The number of urea groups is 1. The van der Waals surface area contributed by atoms with E-state index in [0.29, 0.717) is 13.0 Å². The maximum absolute atomic E-state index is 13.1. The first-order chi connectivity index (χ1) is 15.6. The molecule has 6 nitrogen and oxygen atoms in total. The number of nitrogens with zero attached hydrogens (tertiary/aromatic N) is 1. The second kappa shape index (κ2) is 10.5. The molecule has 1 aliphatic heterocycles. The third-order valence-electron chi connectivity index (χ3n) is 6.62. The molecule has 7 heteroatoms. The number of methoxy groups -OCH3 is 1. The van der Waals surface area contributed by atoms with Crippen LogP contribution >= 0.6 is 11.6 Å². The minimum Gasteiger partial charge on any atom is -0.466 e. The lowest BCUT2D eigenvalue weighted by atomic mass is 9.71. The van der Waals surface area contributed by atoms with Crippen molar-refractivity contribution in [3.63, 3.8) is 0 Å².